The quantitative estimate of drug-likeness (QED) is 0.384. The molecule has 1 aliphatic rings. The van der Waals surface area contributed by atoms with Gasteiger partial charge in [-0.05, 0) is 55.3 Å². The Hall–Kier alpha value is -2.58. The fraction of sp³-hybridized carbons (Fsp3) is 0.227. The van der Waals surface area contributed by atoms with Crippen LogP contribution in [-0.4, -0.2) is 28.6 Å². The van der Waals surface area contributed by atoms with Crippen molar-refractivity contribution in [1.29, 1.82) is 0 Å². The van der Waals surface area contributed by atoms with Crippen LogP contribution in [0, 0.1) is 11.8 Å². The van der Waals surface area contributed by atoms with Crippen LogP contribution in [0.4, 0.5) is 11.4 Å². The van der Waals surface area contributed by atoms with E-state index >= 15 is 0 Å². The Kier molecular flexibility index (Phi) is 7.70. The summed E-state index contributed by atoms with van der Waals surface area (Å²) in [6, 6.07) is 14.5. The minimum absolute atomic E-state index is 0.130. The van der Waals surface area contributed by atoms with Gasteiger partial charge in [0.2, 0.25) is 11.8 Å². The molecule has 0 bridgehead atoms. The van der Waals surface area contributed by atoms with Crippen LogP contribution in [0.15, 0.2) is 70.1 Å². The Morgan fingerprint density at radius 1 is 0.967 bits per heavy atom. The van der Waals surface area contributed by atoms with Gasteiger partial charge in [-0.3, -0.25) is 14.4 Å². The minimum Gasteiger partial charge on any atom is -0.481 e. The fourth-order valence-electron chi connectivity index (χ4n) is 3.15. The second-order valence-corrected chi connectivity index (χ2v) is 8.82. The molecule has 1 aliphatic carbocycles. The van der Waals surface area contributed by atoms with Crippen LogP contribution < -0.4 is 10.6 Å². The first-order chi connectivity index (χ1) is 14.4. The lowest BCUT2D eigenvalue weighted by molar-refractivity contribution is -0.146. The van der Waals surface area contributed by atoms with Gasteiger partial charge < -0.3 is 15.7 Å². The molecule has 0 saturated heterocycles. The van der Waals surface area contributed by atoms with Crippen molar-refractivity contribution in [2.45, 2.75) is 17.7 Å². The van der Waals surface area contributed by atoms with Gasteiger partial charge in [0.25, 0.3) is 0 Å². The van der Waals surface area contributed by atoms with Crippen LogP contribution in [0.2, 0.25) is 0 Å². The van der Waals surface area contributed by atoms with Gasteiger partial charge in [-0.25, -0.2) is 0 Å². The Morgan fingerprint density at radius 2 is 1.67 bits per heavy atom. The van der Waals surface area contributed by atoms with Gasteiger partial charge in [-0.1, -0.05) is 34.1 Å². The maximum Gasteiger partial charge on any atom is 0.307 e. The second-order valence-electron chi connectivity index (χ2n) is 6.85. The van der Waals surface area contributed by atoms with Crippen LogP contribution >= 0.6 is 27.7 Å². The van der Waals surface area contributed by atoms with Crippen LogP contribution in [-0.2, 0) is 14.4 Å². The van der Waals surface area contributed by atoms with Crippen molar-refractivity contribution in [3.05, 3.63) is 65.2 Å². The summed E-state index contributed by atoms with van der Waals surface area (Å²) in [5.41, 5.74) is 1.30. The van der Waals surface area contributed by atoms with Crippen molar-refractivity contribution in [3.8, 4) is 0 Å². The SMILES string of the molecule is O=C(CSc1cccc(NC(=O)C2CC=CCC2C(=O)O)c1)Nc1ccc(Br)cc1. The van der Waals surface area contributed by atoms with E-state index in [0.717, 1.165) is 15.1 Å². The molecule has 2 amide bonds. The average Bonchev–Trinajstić information content (AvgIpc) is 2.74. The maximum atomic E-state index is 12.6. The lowest BCUT2D eigenvalue weighted by Crippen LogP contribution is -2.34. The number of hydrogen-bond donors (Lipinski definition) is 3. The lowest BCUT2D eigenvalue weighted by atomic mass is 9.82. The number of benzene rings is 2. The molecule has 156 valence electrons. The first-order valence-electron chi connectivity index (χ1n) is 9.39. The lowest BCUT2D eigenvalue weighted by Gasteiger charge is -2.24. The summed E-state index contributed by atoms with van der Waals surface area (Å²) >= 11 is 4.71. The van der Waals surface area contributed by atoms with Gasteiger partial charge in [0, 0.05) is 20.7 Å². The minimum atomic E-state index is -0.958. The molecular formula is C22H21BrN2O4S. The average molecular weight is 489 g/mol. The van der Waals surface area contributed by atoms with Gasteiger partial charge in [0.05, 0.1) is 17.6 Å². The molecule has 8 heteroatoms. The van der Waals surface area contributed by atoms with E-state index in [9.17, 15) is 19.5 Å². The zero-order chi connectivity index (χ0) is 21.5. The number of rotatable bonds is 7. The van der Waals surface area contributed by atoms with Crippen molar-refractivity contribution in [3.63, 3.8) is 0 Å². The zero-order valence-electron chi connectivity index (χ0n) is 16.0. The number of amides is 2. The van der Waals surface area contributed by atoms with Crippen LogP contribution in [0.5, 0.6) is 0 Å². The molecule has 2 aromatic carbocycles. The molecule has 0 saturated carbocycles. The first-order valence-corrected chi connectivity index (χ1v) is 11.2. The molecule has 0 spiro atoms. The predicted octanol–water partition coefficient (Wildman–Crippen LogP) is 4.79. The highest BCUT2D eigenvalue weighted by Crippen LogP contribution is 2.28. The van der Waals surface area contributed by atoms with Crippen molar-refractivity contribution in [2.75, 3.05) is 16.4 Å². The van der Waals surface area contributed by atoms with Crippen LogP contribution in [0.3, 0.4) is 0 Å². The molecule has 0 aromatic heterocycles. The molecule has 0 fully saturated rings. The fourth-order valence-corrected chi connectivity index (χ4v) is 4.17. The summed E-state index contributed by atoms with van der Waals surface area (Å²) in [5.74, 6) is -2.48. The first kappa shape index (κ1) is 22.1. The molecule has 0 aliphatic heterocycles. The number of carbonyl (C=O) groups excluding carboxylic acids is 2. The summed E-state index contributed by atoms with van der Waals surface area (Å²) in [4.78, 5) is 37.0. The zero-order valence-corrected chi connectivity index (χ0v) is 18.4. The molecule has 0 radical (unpaired) electrons. The molecule has 3 N–H and O–H groups in total. The summed E-state index contributed by atoms with van der Waals surface area (Å²) < 4.78 is 0.938. The summed E-state index contributed by atoms with van der Waals surface area (Å²) in [6.45, 7) is 0. The van der Waals surface area contributed by atoms with Crippen LogP contribution in [0.25, 0.3) is 0 Å². The molecule has 30 heavy (non-hydrogen) atoms. The van der Waals surface area contributed by atoms with E-state index in [4.69, 9.17) is 0 Å². The molecule has 6 nitrogen and oxygen atoms in total. The third-order valence-electron chi connectivity index (χ3n) is 4.69. The topological polar surface area (TPSA) is 95.5 Å². The number of allylic oxidation sites excluding steroid dienone is 2. The maximum absolute atomic E-state index is 12.6. The van der Waals surface area contributed by atoms with Gasteiger partial charge in [0.1, 0.15) is 0 Å². The van der Waals surface area contributed by atoms with E-state index < -0.39 is 17.8 Å². The summed E-state index contributed by atoms with van der Waals surface area (Å²) in [6.07, 6.45) is 4.42. The number of hydrogen-bond acceptors (Lipinski definition) is 4. The van der Waals surface area contributed by atoms with Crippen molar-refractivity contribution >= 4 is 56.9 Å². The molecule has 2 unspecified atom stereocenters. The molecule has 0 heterocycles. The highest BCUT2D eigenvalue weighted by molar-refractivity contribution is 9.10. The third-order valence-corrected chi connectivity index (χ3v) is 6.21. The van der Waals surface area contributed by atoms with E-state index in [1.54, 1.807) is 24.3 Å². The van der Waals surface area contributed by atoms with Gasteiger partial charge in [0.15, 0.2) is 0 Å². The van der Waals surface area contributed by atoms with Crippen LogP contribution in [0.1, 0.15) is 12.8 Å². The van der Waals surface area contributed by atoms with E-state index in [-0.39, 0.29) is 17.6 Å². The number of anilines is 2. The van der Waals surface area contributed by atoms with Crippen molar-refractivity contribution in [1.82, 2.24) is 0 Å². The Labute approximate surface area is 187 Å². The molecule has 2 aromatic rings. The monoisotopic (exact) mass is 488 g/mol. The standard InChI is InChI=1S/C22H21BrN2O4S/c23-14-8-10-15(11-9-14)24-20(26)13-30-17-5-3-4-16(12-17)25-21(27)18-6-1-2-7-19(18)22(28)29/h1-5,8-12,18-19H,6-7,13H2,(H,24,26)(H,25,27)(H,28,29). The highest BCUT2D eigenvalue weighted by atomic mass is 79.9. The summed E-state index contributed by atoms with van der Waals surface area (Å²) in [7, 11) is 0. The second kappa shape index (κ2) is 10.4. The Morgan fingerprint density at radius 3 is 2.37 bits per heavy atom. The number of carbonyl (C=O) groups is 3. The van der Waals surface area contributed by atoms with Gasteiger partial charge >= 0.3 is 5.97 Å². The van der Waals surface area contributed by atoms with E-state index in [1.807, 2.05) is 36.4 Å². The number of thioether (sulfide) groups is 1. The number of carboxylic acid groups (broad SMARTS) is 1. The smallest absolute Gasteiger partial charge is 0.307 e. The number of carboxylic acids is 1. The molecule has 3 rings (SSSR count). The molecular weight excluding hydrogens is 468 g/mol. The van der Waals surface area contributed by atoms with Gasteiger partial charge in [-0.2, -0.15) is 0 Å². The predicted molar refractivity (Wildman–Crippen MR) is 122 cm³/mol. The van der Waals surface area contributed by atoms with E-state index in [2.05, 4.69) is 26.6 Å². The third kappa shape index (κ3) is 6.21. The van der Waals surface area contributed by atoms with E-state index in [1.165, 1.54) is 11.8 Å². The summed E-state index contributed by atoms with van der Waals surface area (Å²) in [5, 5.41) is 15.0. The number of nitrogens with one attached hydrogen (secondary N) is 2. The van der Waals surface area contributed by atoms with E-state index in [0.29, 0.717) is 18.5 Å². The Balaban J connectivity index is 1.55. The Bertz CT molecular complexity index is 962. The van der Waals surface area contributed by atoms with Crippen molar-refractivity contribution < 1.29 is 19.5 Å². The number of halogens is 1. The van der Waals surface area contributed by atoms with Crippen molar-refractivity contribution in [2.24, 2.45) is 11.8 Å². The largest absolute Gasteiger partial charge is 0.481 e. The normalized spacial score (nSPS) is 17.9. The highest BCUT2D eigenvalue weighted by Gasteiger charge is 2.33. The number of aliphatic carboxylic acids is 1. The van der Waals surface area contributed by atoms with Gasteiger partial charge in [-0.15, -0.1) is 11.8 Å². The molecule has 2 atom stereocenters.